The highest BCUT2D eigenvalue weighted by molar-refractivity contribution is 14.0. The molecular formula is C15H23IN4O. The van der Waals surface area contributed by atoms with Gasteiger partial charge in [0.15, 0.2) is 5.96 Å². The molecule has 1 amide bonds. The molecule has 1 aliphatic rings. The minimum Gasteiger partial charge on any atom is -0.366 e. The van der Waals surface area contributed by atoms with Gasteiger partial charge in [0.25, 0.3) is 0 Å². The van der Waals surface area contributed by atoms with E-state index < -0.39 is 5.91 Å². The van der Waals surface area contributed by atoms with Crippen LogP contribution in [0.2, 0.25) is 0 Å². The number of carbonyl (C=O) groups excluding carboxylic acids is 1. The van der Waals surface area contributed by atoms with Crippen LogP contribution in [0.4, 0.5) is 0 Å². The summed E-state index contributed by atoms with van der Waals surface area (Å²) in [6, 6.07) is 7.80. The summed E-state index contributed by atoms with van der Waals surface area (Å²) in [5, 5.41) is 6.63. The van der Waals surface area contributed by atoms with Crippen molar-refractivity contribution in [3.8, 4) is 0 Å². The second kappa shape index (κ2) is 8.21. The minimum atomic E-state index is -0.410. The smallest absolute Gasteiger partial charge is 0.248 e. The first-order chi connectivity index (χ1) is 9.60. The molecular weight excluding hydrogens is 379 g/mol. The Labute approximate surface area is 142 Å². The number of benzene rings is 1. The van der Waals surface area contributed by atoms with Crippen molar-refractivity contribution in [2.24, 2.45) is 16.6 Å². The molecule has 5 nitrogen and oxygen atoms in total. The third-order valence-electron chi connectivity index (χ3n) is 3.41. The molecule has 6 heteroatoms. The van der Waals surface area contributed by atoms with E-state index in [1.54, 1.807) is 12.1 Å². The maximum absolute atomic E-state index is 11.1. The second-order valence-corrected chi connectivity index (χ2v) is 5.22. The van der Waals surface area contributed by atoms with Crippen LogP contribution in [0.25, 0.3) is 0 Å². The van der Waals surface area contributed by atoms with Crippen LogP contribution >= 0.6 is 24.0 Å². The molecule has 1 fully saturated rings. The first kappa shape index (κ1) is 17.7. The fourth-order valence-corrected chi connectivity index (χ4v) is 2.01. The van der Waals surface area contributed by atoms with Gasteiger partial charge in [-0.05, 0) is 37.0 Å². The normalized spacial score (nSPS) is 20.4. The number of carbonyl (C=O) groups is 1. The predicted octanol–water partition coefficient (Wildman–Crippen LogP) is 1.87. The molecule has 2 rings (SSSR count). The lowest BCUT2D eigenvalue weighted by Crippen LogP contribution is -2.39. The van der Waals surface area contributed by atoms with E-state index in [-0.39, 0.29) is 24.0 Å². The maximum atomic E-state index is 11.1. The second-order valence-electron chi connectivity index (χ2n) is 5.22. The van der Waals surface area contributed by atoms with E-state index in [1.165, 1.54) is 6.42 Å². The van der Waals surface area contributed by atoms with Crippen molar-refractivity contribution in [1.29, 1.82) is 0 Å². The molecule has 0 bridgehead atoms. The maximum Gasteiger partial charge on any atom is 0.248 e. The fourth-order valence-electron chi connectivity index (χ4n) is 2.01. The van der Waals surface area contributed by atoms with Gasteiger partial charge in [0.1, 0.15) is 0 Å². The summed E-state index contributed by atoms with van der Waals surface area (Å²) in [5.41, 5.74) is 6.77. The van der Waals surface area contributed by atoms with E-state index in [1.807, 2.05) is 19.1 Å². The number of nitrogens with zero attached hydrogens (tertiary/aromatic N) is 1. The van der Waals surface area contributed by atoms with Crippen molar-refractivity contribution < 1.29 is 4.79 Å². The Morgan fingerprint density at radius 2 is 2.19 bits per heavy atom. The number of hydrogen-bond acceptors (Lipinski definition) is 2. The molecule has 1 aromatic carbocycles. The summed E-state index contributed by atoms with van der Waals surface area (Å²) in [6.45, 7) is 5.62. The molecule has 1 aliphatic carbocycles. The first-order valence-electron chi connectivity index (χ1n) is 7.03. The Kier molecular flexibility index (Phi) is 6.94. The number of guanidine groups is 1. The number of amides is 1. The Morgan fingerprint density at radius 1 is 1.48 bits per heavy atom. The van der Waals surface area contributed by atoms with E-state index in [4.69, 9.17) is 5.73 Å². The number of aliphatic imine (C=N–C) groups is 1. The third-order valence-corrected chi connectivity index (χ3v) is 3.41. The number of primary amides is 1. The molecule has 0 aliphatic heterocycles. The van der Waals surface area contributed by atoms with Crippen LogP contribution in [-0.4, -0.2) is 24.5 Å². The molecule has 0 heterocycles. The van der Waals surface area contributed by atoms with Gasteiger partial charge in [-0.3, -0.25) is 4.79 Å². The standard InChI is InChI=1S/C15H22N4O.HI/c1-3-17-15(19-13-7-10(13)2)18-9-11-5-4-6-12(8-11)14(16)20;/h4-6,8,10,13H,3,7,9H2,1-2H3,(H2,16,20)(H2,17,18,19);1H. The predicted molar refractivity (Wildman–Crippen MR) is 95.9 cm³/mol. The highest BCUT2D eigenvalue weighted by Gasteiger charge is 2.33. The van der Waals surface area contributed by atoms with Gasteiger partial charge < -0.3 is 16.4 Å². The van der Waals surface area contributed by atoms with Gasteiger partial charge in [-0.1, -0.05) is 19.1 Å². The number of hydrogen-bond donors (Lipinski definition) is 3. The highest BCUT2D eigenvalue weighted by Crippen LogP contribution is 2.28. The average molecular weight is 402 g/mol. The van der Waals surface area contributed by atoms with Gasteiger partial charge in [0.05, 0.1) is 6.54 Å². The topological polar surface area (TPSA) is 79.5 Å². The van der Waals surface area contributed by atoms with Gasteiger partial charge >= 0.3 is 0 Å². The zero-order valence-corrected chi connectivity index (χ0v) is 14.8. The lowest BCUT2D eigenvalue weighted by molar-refractivity contribution is 0.1000. The van der Waals surface area contributed by atoms with Crippen LogP contribution in [0.1, 0.15) is 36.2 Å². The van der Waals surface area contributed by atoms with E-state index >= 15 is 0 Å². The molecule has 21 heavy (non-hydrogen) atoms. The Bertz CT molecular complexity index is 518. The number of rotatable bonds is 5. The molecule has 0 saturated heterocycles. The van der Waals surface area contributed by atoms with E-state index in [0.29, 0.717) is 18.2 Å². The molecule has 4 N–H and O–H groups in total. The van der Waals surface area contributed by atoms with Crippen molar-refractivity contribution in [2.75, 3.05) is 6.54 Å². The molecule has 0 aromatic heterocycles. The Hall–Kier alpha value is -1.31. The van der Waals surface area contributed by atoms with Crippen LogP contribution in [0.3, 0.4) is 0 Å². The lowest BCUT2D eigenvalue weighted by atomic mass is 10.1. The van der Waals surface area contributed by atoms with Crippen molar-refractivity contribution in [3.63, 3.8) is 0 Å². The third kappa shape index (κ3) is 5.53. The van der Waals surface area contributed by atoms with Gasteiger partial charge in [0.2, 0.25) is 5.91 Å². The van der Waals surface area contributed by atoms with E-state index in [9.17, 15) is 4.79 Å². The molecule has 0 radical (unpaired) electrons. The van der Waals surface area contributed by atoms with Crippen LogP contribution in [0.5, 0.6) is 0 Å². The van der Waals surface area contributed by atoms with Gasteiger partial charge in [-0.15, -0.1) is 24.0 Å². The molecule has 2 unspecified atom stereocenters. The summed E-state index contributed by atoms with van der Waals surface area (Å²) in [7, 11) is 0. The van der Waals surface area contributed by atoms with E-state index in [0.717, 1.165) is 24.0 Å². The first-order valence-corrected chi connectivity index (χ1v) is 7.03. The van der Waals surface area contributed by atoms with Crippen molar-refractivity contribution in [2.45, 2.75) is 32.9 Å². The largest absolute Gasteiger partial charge is 0.366 e. The highest BCUT2D eigenvalue weighted by atomic mass is 127. The zero-order valence-electron chi connectivity index (χ0n) is 12.4. The quantitative estimate of drug-likeness (QED) is 0.400. The molecule has 116 valence electrons. The Balaban J connectivity index is 0.00000220. The van der Waals surface area contributed by atoms with Crippen molar-refractivity contribution in [3.05, 3.63) is 35.4 Å². The van der Waals surface area contributed by atoms with Crippen LogP contribution in [0, 0.1) is 5.92 Å². The molecule has 0 spiro atoms. The minimum absolute atomic E-state index is 0. The van der Waals surface area contributed by atoms with Gasteiger partial charge in [-0.25, -0.2) is 4.99 Å². The van der Waals surface area contributed by atoms with Gasteiger partial charge in [0, 0.05) is 18.2 Å². The van der Waals surface area contributed by atoms with Crippen LogP contribution in [0.15, 0.2) is 29.3 Å². The van der Waals surface area contributed by atoms with Crippen molar-refractivity contribution in [1.82, 2.24) is 10.6 Å². The summed E-state index contributed by atoms with van der Waals surface area (Å²) >= 11 is 0. The monoisotopic (exact) mass is 402 g/mol. The average Bonchev–Trinajstić information content (AvgIpc) is 3.12. The van der Waals surface area contributed by atoms with E-state index in [2.05, 4.69) is 22.5 Å². The number of halogens is 1. The fraction of sp³-hybridized carbons (Fsp3) is 0.467. The molecule has 1 saturated carbocycles. The zero-order chi connectivity index (χ0) is 14.5. The van der Waals surface area contributed by atoms with Crippen LogP contribution < -0.4 is 16.4 Å². The summed E-state index contributed by atoms with van der Waals surface area (Å²) in [4.78, 5) is 15.7. The summed E-state index contributed by atoms with van der Waals surface area (Å²) < 4.78 is 0. The van der Waals surface area contributed by atoms with Crippen LogP contribution in [-0.2, 0) is 6.54 Å². The number of nitrogens with two attached hydrogens (primary N) is 1. The summed E-state index contributed by atoms with van der Waals surface area (Å²) in [5.74, 6) is 1.14. The Morgan fingerprint density at radius 3 is 2.76 bits per heavy atom. The molecule has 2 atom stereocenters. The number of nitrogens with one attached hydrogen (secondary N) is 2. The lowest BCUT2D eigenvalue weighted by Gasteiger charge is -2.10. The SMILES string of the molecule is CCNC(=NCc1cccc(C(N)=O)c1)NC1CC1C.I. The summed E-state index contributed by atoms with van der Waals surface area (Å²) in [6.07, 6.45) is 1.20. The van der Waals surface area contributed by atoms with Gasteiger partial charge in [-0.2, -0.15) is 0 Å². The molecule has 1 aromatic rings. The van der Waals surface area contributed by atoms with Crippen molar-refractivity contribution >= 4 is 35.8 Å².